The Labute approximate surface area is 174 Å². The summed E-state index contributed by atoms with van der Waals surface area (Å²) in [7, 11) is 2.67. The zero-order valence-electron chi connectivity index (χ0n) is 17.9. The van der Waals surface area contributed by atoms with Crippen LogP contribution in [0, 0.1) is 22.2 Å². The number of carbonyl (C=O) groups excluding carboxylic acids is 3. The summed E-state index contributed by atoms with van der Waals surface area (Å²) in [6.07, 6.45) is -2.12. The molecule has 5 rings (SSSR count). The van der Waals surface area contributed by atoms with E-state index in [0.29, 0.717) is 24.2 Å². The van der Waals surface area contributed by atoms with Gasteiger partial charge in [0, 0.05) is 36.7 Å². The summed E-state index contributed by atoms with van der Waals surface area (Å²) in [6, 6.07) is 0. The van der Waals surface area contributed by atoms with Crippen LogP contribution in [0.25, 0.3) is 0 Å². The van der Waals surface area contributed by atoms with Gasteiger partial charge in [0.25, 0.3) is 0 Å². The molecule has 5 aliphatic rings. The number of fused-ring (bicyclic) bond motifs is 1. The highest BCUT2D eigenvalue weighted by molar-refractivity contribution is 6.04. The van der Waals surface area contributed by atoms with Crippen LogP contribution in [0.2, 0.25) is 0 Å². The SMILES string of the molecule is COC(=O)OC1CC2OCC2C23CC4(O)CC(=O)C(C)=C(C(OC)C(=O)C12C)[C@@]43C. The van der Waals surface area contributed by atoms with Gasteiger partial charge in [-0.3, -0.25) is 9.59 Å². The Morgan fingerprint density at radius 3 is 2.50 bits per heavy atom. The van der Waals surface area contributed by atoms with E-state index in [1.54, 1.807) is 6.92 Å². The summed E-state index contributed by atoms with van der Waals surface area (Å²) in [5.41, 5.74) is -2.88. The zero-order valence-corrected chi connectivity index (χ0v) is 17.9. The molecule has 0 amide bonds. The van der Waals surface area contributed by atoms with E-state index in [0.717, 1.165) is 0 Å². The van der Waals surface area contributed by atoms with Crippen molar-refractivity contribution in [2.75, 3.05) is 20.8 Å². The summed E-state index contributed by atoms with van der Waals surface area (Å²) in [4.78, 5) is 38.8. The standard InChI is InChI=1S/C22H28O8/c1-10-12(23)7-21(26)9-22-11-8-29-13(11)6-14(30-18(25)28-5)19(22,2)17(24)16(27-4)15(10)20(21,22)3/h11,13-14,16,26H,6-9H2,1-5H3/t11?,13?,14?,16?,19?,20-,21?,22?/m0/s1. The monoisotopic (exact) mass is 420 g/mol. The molecular weight excluding hydrogens is 392 g/mol. The Hall–Kier alpha value is -1.77. The largest absolute Gasteiger partial charge is 0.508 e. The van der Waals surface area contributed by atoms with Gasteiger partial charge in [-0.15, -0.1) is 0 Å². The van der Waals surface area contributed by atoms with Crippen molar-refractivity contribution < 1.29 is 38.4 Å². The van der Waals surface area contributed by atoms with E-state index in [4.69, 9.17) is 18.9 Å². The minimum atomic E-state index is -1.27. The molecule has 4 aliphatic carbocycles. The second kappa shape index (κ2) is 5.72. The van der Waals surface area contributed by atoms with Gasteiger partial charge in [0.1, 0.15) is 12.2 Å². The molecule has 8 atom stereocenters. The molecule has 0 bridgehead atoms. The van der Waals surface area contributed by atoms with Crippen molar-refractivity contribution in [3.63, 3.8) is 0 Å². The van der Waals surface area contributed by atoms with Gasteiger partial charge in [-0.25, -0.2) is 4.79 Å². The predicted octanol–water partition coefficient (Wildman–Crippen LogP) is 1.58. The maximum Gasteiger partial charge on any atom is 0.508 e. The number of hydrogen-bond acceptors (Lipinski definition) is 8. The Kier molecular flexibility index (Phi) is 3.84. The minimum absolute atomic E-state index is 0.0159. The molecule has 0 aromatic carbocycles. The molecule has 30 heavy (non-hydrogen) atoms. The van der Waals surface area contributed by atoms with Gasteiger partial charge in [0.2, 0.25) is 0 Å². The lowest BCUT2D eigenvalue weighted by atomic mass is 9.22. The molecule has 8 nitrogen and oxygen atoms in total. The first-order valence-corrected chi connectivity index (χ1v) is 10.4. The van der Waals surface area contributed by atoms with E-state index in [-0.39, 0.29) is 36.4 Å². The van der Waals surface area contributed by atoms with Crippen LogP contribution >= 0.6 is 0 Å². The van der Waals surface area contributed by atoms with Crippen LogP contribution in [0.1, 0.15) is 40.0 Å². The normalized spacial score (nSPS) is 51.1. The quantitative estimate of drug-likeness (QED) is 0.671. The Morgan fingerprint density at radius 1 is 1.23 bits per heavy atom. The topological polar surface area (TPSA) is 108 Å². The lowest BCUT2D eigenvalue weighted by molar-refractivity contribution is -0.382. The fraction of sp³-hybridized carbons (Fsp3) is 0.773. The molecule has 164 valence electrons. The predicted molar refractivity (Wildman–Crippen MR) is 101 cm³/mol. The lowest BCUT2D eigenvalue weighted by Gasteiger charge is -2.82. The van der Waals surface area contributed by atoms with E-state index >= 15 is 0 Å². The van der Waals surface area contributed by atoms with Crippen molar-refractivity contribution >= 4 is 17.7 Å². The van der Waals surface area contributed by atoms with Crippen LogP contribution in [-0.4, -0.2) is 67.6 Å². The highest BCUT2D eigenvalue weighted by Gasteiger charge is 2.89. The Bertz CT molecular complexity index is 909. The molecule has 1 aliphatic heterocycles. The molecule has 1 spiro atoms. The van der Waals surface area contributed by atoms with E-state index in [2.05, 4.69) is 0 Å². The number of hydrogen-bond donors (Lipinski definition) is 1. The van der Waals surface area contributed by atoms with Crippen molar-refractivity contribution in [3.05, 3.63) is 11.1 Å². The van der Waals surface area contributed by atoms with Gasteiger partial charge in [0.05, 0.1) is 30.8 Å². The molecule has 1 N–H and O–H groups in total. The lowest BCUT2D eigenvalue weighted by Crippen LogP contribution is -2.88. The summed E-state index contributed by atoms with van der Waals surface area (Å²) in [5.74, 6) is -0.353. The third-order valence-electron chi connectivity index (χ3n) is 9.45. The Balaban J connectivity index is 1.78. The van der Waals surface area contributed by atoms with Gasteiger partial charge >= 0.3 is 6.16 Å². The fourth-order valence-electron chi connectivity index (χ4n) is 7.92. The van der Waals surface area contributed by atoms with Crippen molar-refractivity contribution in [2.45, 2.75) is 63.9 Å². The molecule has 7 unspecified atom stereocenters. The average Bonchev–Trinajstić information content (AvgIpc) is 2.68. The van der Waals surface area contributed by atoms with Crippen molar-refractivity contribution in [1.82, 2.24) is 0 Å². The van der Waals surface area contributed by atoms with Crippen molar-refractivity contribution in [1.29, 1.82) is 0 Å². The van der Waals surface area contributed by atoms with E-state index in [1.807, 2.05) is 13.8 Å². The van der Waals surface area contributed by atoms with Crippen molar-refractivity contribution in [3.8, 4) is 0 Å². The summed E-state index contributed by atoms with van der Waals surface area (Å²) < 4.78 is 21.9. The molecule has 4 fully saturated rings. The minimum Gasteiger partial charge on any atom is -0.438 e. The van der Waals surface area contributed by atoms with Crippen LogP contribution in [0.4, 0.5) is 4.79 Å². The highest BCUT2D eigenvalue weighted by Crippen LogP contribution is 2.83. The number of Topliss-reactive ketones (excluding diaryl/α,β-unsaturated/α-hetero) is 2. The second-order valence-electron chi connectivity index (χ2n) is 9.90. The molecule has 1 heterocycles. The van der Waals surface area contributed by atoms with Crippen LogP contribution in [-0.2, 0) is 28.5 Å². The van der Waals surface area contributed by atoms with E-state index in [1.165, 1.54) is 14.2 Å². The van der Waals surface area contributed by atoms with Crippen LogP contribution in [0.15, 0.2) is 11.1 Å². The first-order chi connectivity index (χ1) is 14.0. The number of aliphatic hydroxyl groups is 1. The smallest absolute Gasteiger partial charge is 0.438 e. The fourth-order valence-corrected chi connectivity index (χ4v) is 7.92. The number of carbonyl (C=O) groups is 3. The molecular formula is C22H28O8. The maximum absolute atomic E-state index is 14.0. The zero-order chi connectivity index (χ0) is 21.9. The van der Waals surface area contributed by atoms with Gasteiger partial charge < -0.3 is 24.1 Å². The number of allylic oxidation sites excluding steroid dienone is 1. The van der Waals surface area contributed by atoms with Gasteiger partial charge in [-0.2, -0.15) is 0 Å². The Morgan fingerprint density at radius 2 is 1.93 bits per heavy atom. The average molecular weight is 420 g/mol. The summed E-state index contributed by atoms with van der Waals surface area (Å²) >= 11 is 0. The first-order valence-electron chi connectivity index (χ1n) is 10.4. The van der Waals surface area contributed by atoms with Gasteiger partial charge in [-0.05, 0) is 31.4 Å². The number of ketones is 2. The summed E-state index contributed by atoms with van der Waals surface area (Å²) in [6.45, 7) is 5.98. The van der Waals surface area contributed by atoms with E-state index < -0.39 is 40.2 Å². The maximum atomic E-state index is 14.0. The molecule has 1 saturated heterocycles. The molecule has 0 radical (unpaired) electrons. The number of methoxy groups -OCH3 is 2. The van der Waals surface area contributed by atoms with Crippen LogP contribution < -0.4 is 0 Å². The van der Waals surface area contributed by atoms with Crippen molar-refractivity contribution in [2.24, 2.45) is 22.2 Å². The number of rotatable bonds is 2. The molecule has 3 saturated carbocycles. The van der Waals surface area contributed by atoms with Gasteiger partial charge in [0.15, 0.2) is 11.6 Å². The molecule has 0 aromatic rings. The molecule has 0 aromatic heterocycles. The van der Waals surface area contributed by atoms with Crippen LogP contribution in [0.3, 0.4) is 0 Å². The summed E-state index contributed by atoms with van der Waals surface area (Å²) in [5, 5.41) is 11.7. The molecule has 8 heteroatoms. The first kappa shape index (κ1) is 20.2. The third kappa shape index (κ3) is 1.77. The van der Waals surface area contributed by atoms with Gasteiger partial charge in [-0.1, -0.05) is 6.92 Å². The second-order valence-corrected chi connectivity index (χ2v) is 9.90. The van der Waals surface area contributed by atoms with Crippen LogP contribution in [0.5, 0.6) is 0 Å². The third-order valence-corrected chi connectivity index (χ3v) is 9.45. The number of ether oxygens (including phenoxy) is 4. The van der Waals surface area contributed by atoms with E-state index in [9.17, 15) is 19.5 Å². The highest BCUT2D eigenvalue weighted by atomic mass is 16.7.